The number of hydrogen-bond donors (Lipinski definition) is 0. The molecule has 0 spiro atoms. The van der Waals surface area contributed by atoms with Gasteiger partial charge in [0, 0.05) is 5.56 Å². The van der Waals surface area contributed by atoms with Gasteiger partial charge in [-0.3, -0.25) is 9.05 Å². The fourth-order valence-electron chi connectivity index (χ4n) is 1.26. The summed E-state index contributed by atoms with van der Waals surface area (Å²) in [5.41, 5.74) is 0.295. The highest BCUT2D eigenvalue weighted by molar-refractivity contribution is 7.48. The van der Waals surface area contributed by atoms with Crippen LogP contribution in [0.25, 0.3) is 11.2 Å². The summed E-state index contributed by atoms with van der Waals surface area (Å²) in [5, 5.41) is 9.01. The third-order valence-corrected chi connectivity index (χ3v) is 3.54. The van der Waals surface area contributed by atoms with E-state index in [1.807, 2.05) is 0 Å². The van der Waals surface area contributed by atoms with Gasteiger partial charge in [-0.1, -0.05) is 0 Å². The Morgan fingerprint density at radius 3 is 2.21 bits per heavy atom. The molecule has 0 unspecified atom stereocenters. The van der Waals surface area contributed by atoms with E-state index >= 15 is 0 Å². The molecule has 19 heavy (non-hydrogen) atoms. The molecule has 1 aromatic carbocycles. The first-order valence-electron chi connectivity index (χ1n) is 5.66. The molecule has 0 atom stereocenters. The van der Waals surface area contributed by atoms with Gasteiger partial charge in [0.15, 0.2) is 5.76 Å². The van der Waals surface area contributed by atoms with Crippen molar-refractivity contribution < 1.29 is 22.5 Å². The van der Waals surface area contributed by atoms with Crippen LogP contribution in [0.3, 0.4) is 0 Å². The fourth-order valence-corrected chi connectivity index (χ4v) is 2.44. The number of phosphoric ester groups is 1. The van der Waals surface area contributed by atoms with Crippen LogP contribution in [0.5, 0.6) is 0 Å². The number of hydrogen-bond acceptors (Lipinski definition) is 4. The molecule has 0 saturated heterocycles. The number of phosphoric acid groups is 1. The first kappa shape index (κ1) is 15.6. The van der Waals surface area contributed by atoms with Crippen LogP contribution >= 0.6 is 7.82 Å². The minimum absolute atomic E-state index is 0.111. The molecule has 1 aromatic rings. The Morgan fingerprint density at radius 1 is 1.26 bits per heavy atom. The maximum atomic E-state index is 12.8. The highest BCUT2D eigenvalue weighted by Crippen LogP contribution is 2.52. The van der Waals surface area contributed by atoms with Gasteiger partial charge in [0.05, 0.1) is 13.2 Å². The van der Waals surface area contributed by atoms with Gasteiger partial charge in [-0.2, -0.15) is 0 Å². The van der Waals surface area contributed by atoms with Crippen LogP contribution in [0.4, 0.5) is 4.39 Å². The van der Waals surface area contributed by atoms with Gasteiger partial charge >= 0.3 is 7.82 Å². The van der Waals surface area contributed by atoms with Gasteiger partial charge in [0.1, 0.15) is 5.82 Å². The molecule has 0 aromatic heterocycles. The molecule has 0 aliphatic rings. The molecular formula is C12H14FNO4P-. The molecule has 104 valence electrons. The van der Waals surface area contributed by atoms with E-state index in [2.05, 4.69) is 0 Å². The second-order valence-electron chi connectivity index (χ2n) is 3.32. The molecule has 0 heterocycles. The topological polar surface area (TPSA) is 67.1 Å². The second-order valence-corrected chi connectivity index (χ2v) is 4.92. The third-order valence-electron chi connectivity index (χ3n) is 1.99. The summed E-state index contributed by atoms with van der Waals surface area (Å²) in [6.45, 7) is 3.47. The fraction of sp³-hybridized carbons (Fsp3) is 0.333. The smallest absolute Gasteiger partial charge is 0.530 e. The molecule has 0 radical (unpaired) electrons. The third kappa shape index (κ3) is 4.62. The van der Waals surface area contributed by atoms with Gasteiger partial charge in [0.2, 0.25) is 0 Å². The predicted octanol–water partition coefficient (Wildman–Crippen LogP) is 3.60. The Labute approximate surface area is 111 Å². The van der Waals surface area contributed by atoms with Crippen LogP contribution in [0, 0.1) is 5.82 Å². The standard InChI is InChI=1S/C12H14FNO4P/c1-3-16-19(15,17-4-2)18-12(9-14)10-5-7-11(13)8-6-10/h5-8H,3-4H2,1-2H3/q-1. The van der Waals surface area contributed by atoms with E-state index in [9.17, 15) is 8.96 Å². The summed E-state index contributed by atoms with van der Waals surface area (Å²) >= 11 is 0. The molecule has 0 aliphatic carbocycles. The Morgan fingerprint density at radius 2 is 1.79 bits per heavy atom. The second kappa shape index (κ2) is 7.22. The molecule has 1 rings (SSSR count). The molecule has 0 bridgehead atoms. The summed E-state index contributed by atoms with van der Waals surface area (Å²) in [4.78, 5) is 0. The SMILES string of the molecule is CCOP(=O)(OCC)OC(=C=[N-])c1ccc(F)cc1. The molecule has 0 aliphatic heterocycles. The Balaban J connectivity index is 2.95. The number of halogens is 1. The summed E-state index contributed by atoms with van der Waals surface area (Å²) in [6.07, 6.45) is 0. The van der Waals surface area contributed by atoms with E-state index in [4.69, 9.17) is 19.0 Å². The van der Waals surface area contributed by atoms with E-state index in [1.54, 1.807) is 19.7 Å². The molecule has 5 nitrogen and oxygen atoms in total. The van der Waals surface area contributed by atoms with E-state index in [1.165, 1.54) is 24.3 Å². The lowest BCUT2D eigenvalue weighted by Crippen LogP contribution is -2.00. The maximum Gasteiger partial charge on any atom is 0.530 e. The van der Waals surface area contributed by atoms with E-state index in [-0.39, 0.29) is 19.0 Å². The number of nitrogens with zero attached hydrogens (tertiary/aromatic N) is 1. The molecule has 0 amide bonds. The van der Waals surface area contributed by atoms with Crippen molar-refractivity contribution in [2.75, 3.05) is 13.2 Å². The van der Waals surface area contributed by atoms with E-state index in [0.29, 0.717) is 5.56 Å². The number of benzene rings is 1. The summed E-state index contributed by atoms with van der Waals surface area (Å²) in [6, 6.07) is 5.02. The lowest BCUT2D eigenvalue weighted by atomic mass is 10.2. The van der Waals surface area contributed by atoms with Gasteiger partial charge in [-0.25, -0.2) is 14.8 Å². The molecule has 0 N–H and O–H groups in total. The van der Waals surface area contributed by atoms with Crippen molar-refractivity contribution >= 4 is 19.5 Å². The maximum absolute atomic E-state index is 12.8. The first-order chi connectivity index (χ1) is 9.04. The minimum Gasteiger partial charge on any atom is -0.760 e. The average molecular weight is 286 g/mol. The number of rotatable bonds is 7. The lowest BCUT2D eigenvalue weighted by molar-refractivity contribution is 0.160. The van der Waals surface area contributed by atoms with E-state index < -0.39 is 13.6 Å². The Kier molecular flexibility index (Phi) is 5.93. The highest BCUT2D eigenvalue weighted by Gasteiger charge is 2.28. The lowest BCUT2D eigenvalue weighted by Gasteiger charge is -2.18. The van der Waals surface area contributed by atoms with Gasteiger partial charge < -0.3 is 9.93 Å². The van der Waals surface area contributed by atoms with Crippen molar-refractivity contribution in [3.05, 3.63) is 41.1 Å². The van der Waals surface area contributed by atoms with Crippen molar-refractivity contribution in [3.8, 4) is 0 Å². The normalized spacial score (nSPS) is 10.9. The Hall–Kier alpha value is -1.45. The van der Waals surface area contributed by atoms with Crippen molar-refractivity contribution in [1.29, 1.82) is 0 Å². The van der Waals surface area contributed by atoms with Gasteiger partial charge in [0.25, 0.3) is 0 Å². The van der Waals surface area contributed by atoms with Crippen molar-refractivity contribution in [2.24, 2.45) is 0 Å². The average Bonchev–Trinajstić information content (AvgIpc) is 2.38. The predicted molar refractivity (Wildman–Crippen MR) is 70.1 cm³/mol. The quantitative estimate of drug-likeness (QED) is 0.436. The van der Waals surface area contributed by atoms with Crippen LogP contribution in [0.1, 0.15) is 19.4 Å². The van der Waals surface area contributed by atoms with Crippen LogP contribution in [-0.4, -0.2) is 19.1 Å². The molecular weight excluding hydrogens is 272 g/mol. The zero-order valence-electron chi connectivity index (χ0n) is 10.6. The molecule has 0 saturated carbocycles. The van der Waals surface area contributed by atoms with Crippen molar-refractivity contribution in [2.45, 2.75) is 13.8 Å². The van der Waals surface area contributed by atoms with Crippen LogP contribution in [-0.2, 0) is 18.1 Å². The van der Waals surface area contributed by atoms with Crippen LogP contribution in [0.15, 0.2) is 24.3 Å². The molecule has 7 heteroatoms. The van der Waals surface area contributed by atoms with Crippen LogP contribution in [0.2, 0.25) is 0 Å². The highest BCUT2D eigenvalue weighted by atomic mass is 31.2. The molecule has 0 fully saturated rings. The zero-order chi connectivity index (χ0) is 14.3. The first-order valence-corrected chi connectivity index (χ1v) is 7.12. The minimum atomic E-state index is -3.82. The van der Waals surface area contributed by atoms with E-state index in [0.717, 1.165) is 0 Å². The summed E-state index contributed by atoms with van der Waals surface area (Å²) in [5.74, 6) is 1.06. The van der Waals surface area contributed by atoms with Gasteiger partial charge in [-0.05, 0) is 38.1 Å². The van der Waals surface area contributed by atoms with Crippen molar-refractivity contribution in [3.63, 3.8) is 0 Å². The van der Waals surface area contributed by atoms with Crippen molar-refractivity contribution in [1.82, 2.24) is 0 Å². The largest absolute Gasteiger partial charge is 0.760 e. The monoisotopic (exact) mass is 286 g/mol. The van der Waals surface area contributed by atoms with Crippen LogP contribution < -0.4 is 0 Å². The summed E-state index contributed by atoms with van der Waals surface area (Å²) < 4.78 is 39.8. The Bertz CT molecular complexity index is 501. The summed E-state index contributed by atoms with van der Waals surface area (Å²) in [7, 11) is -3.82. The zero-order valence-corrected chi connectivity index (χ0v) is 11.5. The van der Waals surface area contributed by atoms with Gasteiger partial charge in [-0.15, -0.1) is 0 Å².